The summed E-state index contributed by atoms with van der Waals surface area (Å²) in [6.45, 7) is 4.76. The quantitative estimate of drug-likeness (QED) is 0.657. The highest BCUT2D eigenvalue weighted by Crippen LogP contribution is 2.25. The summed E-state index contributed by atoms with van der Waals surface area (Å²) < 4.78 is 5.58. The van der Waals surface area contributed by atoms with E-state index in [2.05, 4.69) is 4.98 Å². The van der Waals surface area contributed by atoms with Crippen molar-refractivity contribution in [3.63, 3.8) is 0 Å². The number of morpholine rings is 1. The Morgan fingerprint density at radius 3 is 2.60 bits per heavy atom. The first kappa shape index (κ1) is 14.2. The molecule has 1 N–H and O–H groups in total. The summed E-state index contributed by atoms with van der Waals surface area (Å²) in [6, 6.07) is 1.04. The zero-order valence-electron chi connectivity index (χ0n) is 11.1. The molecule has 0 bridgehead atoms. The maximum absolute atomic E-state index is 11.3. The molecule has 1 aliphatic rings. The fourth-order valence-electron chi connectivity index (χ4n) is 2.31. The number of hydrogen-bond donors (Lipinski definition) is 1. The van der Waals surface area contributed by atoms with Crippen LogP contribution in [0, 0.1) is 10.1 Å². The first-order valence-electron chi connectivity index (χ1n) is 6.16. The van der Waals surface area contributed by atoms with Gasteiger partial charge in [-0.05, 0) is 13.8 Å². The zero-order valence-corrected chi connectivity index (χ0v) is 11.1. The van der Waals surface area contributed by atoms with Crippen molar-refractivity contribution in [3.8, 4) is 0 Å². The summed E-state index contributed by atoms with van der Waals surface area (Å²) in [5.41, 5.74) is -0.499. The Morgan fingerprint density at radius 1 is 1.50 bits per heavy atom. The minimum atomic E-state index is -1.23. The lowest BCUT2D eigenvalue weighted by molar-refractivity contribution is -0.385. The highest BCUT2D eigenvalue weighted by molar-refractivity contribution is 5.94. The Bertz CT molecular complexity index is 538. The van der Waals surface area contributed by atoms with Crippen molar-refractivity contribution in [3.05, 3.63) is 27.9 Å². The minimum absolute atomic E-state index is 0.0580. The molecule has 2 heterocycles. The van der Waals surface area contributed by atoms with Gasteiger partial charge in [-0.2, -0.15) is 0 Å². The molecule has 0 aliphatic carbocycles. The summed E-state index contributed by atoms with van der Waals surface area (Å²) in [6.07, 6.45) is 0.960. The van der Waals surface area contributed by atoms with Gasteiger partial charge in [-0.3, -0.25) is 10.1 Å². The van der Waals surface area contributed by atoms with E-state index in [1.807, 2.05) is 13.8 Å². The van der Waals surface area contributed by atoms with Gasteiger partial charge in [0.1, 0.15) is 17.6 Å². The van der Waals surface area contributed by atoms with Gasteiger partial charge in [0, 0.05) is 19.2 Å². The maximum atomic E-state index is 11.3. The summed E-state index contributed by atoms with van der Waals surface area (Å²) >= 11 is 0. The second-order valence-corrected chi connectivity index (χ2v) is 4.79. The molecule has 8 heteroatoms. The SMILES string of the molecule is C[C@@H]1CN(c2ncc([N+](=O)[O-])cc2C(=O)O)C[C@H](C)O1. The lowest BCUT2D eigenvalue weighted by Gasteiger charge is -2.36. The molecule has 1 fully saturated rings. The summed E-state index contributed by atoms with van der Waals surface area (Å²) in [5, 5.41) is 19.9. The molecule has 8 nitrogen and oxygen atoms in total. The molecule has 1 saturated heterocycles. The van der Waals surface area contributed by atoms with Gasteiger partial charge in [-0.25, -0.2) is 9.78 Å². The fraction of sp³-hybridized carbons (Fsp3) is 0.500. The number of rotatable bonds is 3. The Kier molecular flexibility index (Phi) is 3.84. The van der Waals surface area contributed by atoms with Crippen molar-refractivity contribution in [2.45, 2.75) is 26.1 Å². The van der Waals surface area contributed by atoms with Gasteiger partial charge in [0.25, 0.3) is 5.69 Å². The number of anilines is 1. The molecule has 1 aliphatic heterocycles. The zero-order chi connectivity index (χ0) is 14.9. The second-order valence-electron chi connectivity index (χ2n) is 4.79. The van der Waals surface area contributed by atoms with E-state index in [1.54, 1.807) is 4.90 Å². The van der Waals surface area contributed by atoms with Crippen molar-refractivity contribution in [1.29, 1.82) is 0 Å². The monoisotopic (exact) mass is 281 g/mol. The average molecular weight is 281 g/mol. The van der Waals surface area contributed by atoms with E-state index >= 15 is 0 Å². The normalized spacial score (nSPS) is 22.6. The highest BCUT2D eigenvalue weighted by atomic mass is 16.6. The fourth-order valence-corrected chi connectivity index (χ4v) is 2.31. The van der Waals surface area contributed by atoms with E-state index in [1.165, 1.54) is 0 Å². The number of aromatic nitrogens is 1. The van der Waals surface area contributed by atoms with E-state index in [9.17, 15) is 20.0 Å². The lowest BCUT2D eigenvalue weighted by atomic mass is 10.1. The molecule has 0 unspecified atom stereocenters. The Hall–Kier alpha value is -2.22. The van der Waals surface area contributed by atoms with Gasteiger partial charge in [-0.15, -0.1) is 0 Å². The molecule has 0 saturated carbocycles. The number of carboxylic acid groups (broad SMARTS) is 1. The number of nitrogens with zero attached hydrogens (tertiary/aromatic N) is 3. The number of pyridine rings is 1. The third-order valence-electron chi connectivity index (χ3n) is 3.01. The molecular formula is C12H15N3O5. The van der Waals surface area contributed by atoms with Crippen molar-refractivity contribution < 1.29 is 19.6 Å². The van der Waals surface area contributed by atoms with Gasteiger partial charge in [0.15, 0.2) is 0 Å². The number of carbonyl (C=O) groups is 1. The smallest absolute Gasteiger partial charge is 0.339 e. The maximum Gasteiger partial charge on any atom is 0.339 e. The van der Waals surface area contributed by atoms with Crippen LogP contribution in [0.4, 0.5) is 11.5 Å². The van der Waals surface area contributed by atoms with Crippen molar-refractivity contribution in [2.75, 3.05) is 18.0 Å². The highest BCUT2D eigenvalue weighted by Gasteiger charge is 2.27. The number of ether oxygens (including phenoxy) is 1. The number of aromatic carboxylic acids is 1. The van der Waals surface area contributed by atoms with Gasteiger partial charge >= 0.3 is 5.97 Å². The third-order valence-corrected chi connectivity index (χ3v) is 3.01. The van der Waals surface area contributed by atoms with Crippen LogP contribution in [0.25, 0.3) is 0 Å². The second kappa shape index (κ2) is 5.41. The third kappa shape index (κ3) is 2.85. The number of nitro groups is 1. The van der Waals surface area contributed by atoms with Crippen LogP contribution in [-0.2, 0) is 4.74 Å². The molecular weight excluding hydrogens is 266 g/mol. The predicted molar refractivity (Wildman–Crippen MR) is 70.1 cm³/mol. The average Bonchev–Trinajstić information content (AvgIpc) is 2.36. The molecule has 1 aromatic rings. The summed E-state index contributed by atoms with van der Waals surface area (Å²) in [5.74, 6) is -0.993. The summed E-state index contributed by atoms with van der Waals surface area (Å²) in [7, 11) is 0. The first-order valence-corrected chi connectivity index (χ1v) is 6.16. The van der Waals surface area contributed by atoms with Crippen molar-refractivity contribution in [2.24, 2.45) is 0 Å². The molecule has 2 atom stereocenters. The van der Waals surface area contributed by atoms with Crippen LogP contribution in [0.1, 0.15) is 24.2 Å². The lowest BCUT2D eigenvalue weighted by Crippen LogP contribution is -2.46. The Morgan fingerprint density at radius 2 is 2.10 bits per heavy atom. The summed E-state index contributed by atoms with van der Waals surface area (Å²) in [4.78, 5) is 27.1. The van der Waals surface area contributed by atoms with Crippen LogP contribution in [-0.4, -0.2) is 46.3 Å². The molecule has 20 heavy (non-hydrogen) atoms. The van der Waals surface area contributed by atoms with Crippen LogP contribution in [0.5, 0.6) is 0 Å². The van der Waals surface area contributed by atoms with E-state index < -0.39 is 10.9 Å². The number of hydrogen-bond acceptors (Lipinski definition) is 6. The van der Waals surface area contributed by atoms with Gasteiger partial charge in [-0.1, -0.05) is 0 Å². The first-order chi connectivity index (χ1) is 9.38. The molecule has 0 aromatic carbocycles. The van der Waals surface area contributed by atoms with Gasteiger partial charge < -0.3 is 14.7 Å². The number of carboxylic acids is 1. The van der Waals surface area contributed by atoms with Crippen LogP contribution < -0.4 is 4.90 Å². The topological polar surface area (TPSA) is 106 Å². The predicted octanol–water partition coefficient (Wildman–Crippen LogP) is 1.30. The van der Waals surface area contributed by atoms with Gasteiger partial charge in [0.2, 0.25) is 0 Å². The van der Waals surface area contributed by atoms with Crippen LogP contribution >= 0.6 is 0 Å². The van der Waals surface area contributed by atoms with E-state index in [4.69, 9.17) is 4.74 Å². The molecule has 1 aromatic heterocycles. The van der Waals surface area contributed by atoms with Gasteiger partial charge in [0.05, 0.1) is 17.1 Å². The Balaban J connectivity index is 2.40. The standard InChI is InChI=1S/C12H15N3O5/c1-7-5-14(6-8(2)20-7)11-10(12(16)17)3-9(4-13-11)15(18)19/h3-4,7-8H,5-6H2,1-2H3,(H,16,17)/t7-,8+. The van der Waals surface area contributed by atoms with Crippen LogP contribution in [0.15, 0.2) is 12.3 Å². The molecule has 0 amide bonds. The van der Waals surface area contributed by atoms with E-state index in [0.29, 0.717) is 13.1 Å². The van der Waals surface area contributed by atoms with Crippen molar-refractivity contribution >= 4 is 17.5 Å². The molecule has 0 spiro atoms. The van der Waals surface area contributed by atoms with Crippen LogP contribution in [0.2, 0.25) is 0 Å². The van der Waals surface area contributed by atoms with E-state index in [0.717, 1.165) is 12.3 Å². The van der Waals surface area contributed by atoms with E-state index in [-0.39, 0.29) is 29.3 Å². The largest absolute Gasteiger partial charge is 0.478 e. The Labute approximate surface area is 115 Å². The minimum Gasteiger partial charge on any atom is -0.478 e. The van der Waals surface area contributed by atoms with Crippen molar-refractivity contribution in [1.82, 2.24) is 4.98 Å². The molecule has 2 rings (SSSR count). The molecule has 0 radical (unpaired) electrons. The molecule has 108 valence electrons. The van der Waals surface area contributed by atoms with Crippen LogP contribution in [0.3, 0.4) is 0 Å².